The molecule has 0 aliphatic carbocycles. The van der Waals surface area contributed by atoms with Crippen molar-refractivity contribution in [1.29, 1.82) is 0 Å². The minimum absolute atomic E-state index is 0.0909. The molecule has 2 N–H and O–H groups in total. The van der Waals surface area contributed by atoms with E-state index in [4.69, 9.17) is 0 Å². The fourth-order valence-electron chi connectivity index (χ4n) is 3.22. The number of carbonyl (C=O) groups is 3. The van der Waals surface area contributed by atoms with Crippen LogP contribution in [-0.2, 0) is 9.59 Å². The molecule has 1 aliphatic rings. The van der Waals surface area contributed by atoms with Crippen molar-refractivity contribution in [1.82, 2.24) is 10.9 Å². The van der Waals surface area contributed by atoms with Gasteiger partial charge in [-0.2, -0.15) is 0 Å². The molecule has 1 aliphatic heterocycles. The Morgan fingerprint density at radius 1 is 1.04 bits per heavy atom. The number of anilines is 1. The molecule has 3 amide bonds. The maximum Gasteiger partial charge on any atom is 0.269 e. The van der Waals surface area contributed by atoms with Crippen LogP contribution >= 0.6 is 15.9 Å². The fraction of sp³-hybridized carbons (Fsp3) is 0.250. The summed E-state index contributed by atoms with van der Waals surface area (Å²) in [4.78, 5) is 38.6. The lowest BCUT2D eigenvalue weighted by atomic mass is 10.1. The van der Waals surface area contributed by atoms with E-state index in [0.29, 0.717) is 12.1 Å². The van der Waals surface area contributed by atoms with E-state index >= 15 is 0 Å². The predicted octanol–water partition coefficient (Wildman–Crippen LogP) is 2.88. The van der Waals surface area contributed by atoms with Crippen LogP contribution in [0.25, 0.3) is 0 Å². The van der Waals surface area contributed by atoms with Crippen molar-refractivity contribution in [3.8, 4) is 0 Å². The molecule has 0 radical (unpaired) electrons. The van der Waals surface area contributed by atoms with Crippen molar-refractivity contribution in [2.75, 3.05) is 11.4 Å². The zero-order valence-electron chi connectivity index (χ0n) is 15.1. The Hall–Kier alpha value is -2.67. The maximum atomic E-state index is 12.4. The van der Waals surface area contributed by atoms with Gasteiger partial charge in [-0.15, -0.1) is 0 Å². The number of nitrogens with zero attached hydrogens (tertiary/aromatic N) is 1. The zero-order valence-corrected chi connectivity index (χ0v) is 16.7. The summed E-state index contributed by atoms with van der Waals surface area (Å²) in [5, 5.41) is 0. The number of benzene rings is 2. The minimum Gasteiger partial charge on any atom is -0.311 e. The van der Waals surface area contributed by atoms with E-state index in [1.165, 1.54) is 0 Å². The number of rotatable bonds is 3. The van der Waals surface area contributed by atoms with Gasteiger partial charge in [0, 0.05) is 28.7 Å². The summed E-state index contributed by atoms with van der Waals surface area (Å²) < 4.78 is 0.860. The van der Waals surface area contributed by atoms with Gasteiger partial charge < -0.3 is 4.90 Å². The highest BCUT2D eigenvalue weighted by molar-refractivity contribution is 9.10. The number of amides is 3. The molecule has 0 saturated carbocycles. The smallest absolute Gasteiger partial charge is 0.269 e. The van der Waals surface area contributed by atoms with Crippen molar-refractivity contribution in [2.24, 2.45) is 5.92 Å². The number of hydrazine groups is 1. The molecule has 1 heterocycles. The van der Waals surface area contributed by atoms with Gasteiger partial charge in [-0.1, -0.05) is 34.1 Å². The molecular formula is C20H20BrN3O3. The van der Waals surface area contributed by atoms with Crippen LogP contribution in [0.15, 0.2) is 46.9 Å². The topological polar surface area (TPSA) is 78.5 Å². The number of halogens is 1. The predicted molar refractivity (Wildman–Crippen MR) is 106 cm³/mol. The molecule has 1 fully saturated rings. The highest BCUT2D eigenvalue weighted by atomic mass is 79.9. The summed E-state index contributed by atoms with van der Waals surface area (Å²) >= 11 is 3.30. The van der Waals surface area contributed by atoms with Crippen LogP contribution in [0.2, 0.25) is 0 Å². The molecule has 1 atom stereocenters. The number of nitrogens with one attached hydrogen (secondary N) is 2. The van der Waals surface area contributed by atoms with Crippen molar-refractivity contribution in [3.05, 3.63) is 63.6 Å². The molecule has 2 aromatic carbocycles. The van der Waals surface area contributed by atoms with Crippen molar-refractivity contribution < 1.29 is 14.4 Å². The molecule has 0 bridgehead atoms. The maximum absolute atomic E-state index is 12.4. The van der Waals surface area contributed by atoms with E-state index in [2.05, 4.69) is 26.8 Å². The number of para-hydroxylation sites is 1. The number of hydrogen-bond donors (Lipinski definition) is 2. The van der Waals surface area contributed by atoms with Crippen LogP contribution in [-0.4, -0.2) is 24.3 Å². The Labute approximate surface area is 166 Å². The van der Waals surface area contributed by atoms with Gasteiger partial charge in [0.2, 0.25) is 11.8 Å². The first-order chi connectivity index (χ1) is 12.9. The third kappa shape index (κ3) is 4.19. The van der Waals surface area contributed by atoms with Crippen molar-refractivity contribution in [2.45, 2.75) is 20.3 Å². The lowest BCUT2D eigenvalue weighted by Gasteiger charge is -2.21. The molecular weight excluding hydrogens is 410 g/mol. The third-order valence-corrected chi connectivity index (χ3v) is 5.14. The van der Waals surface area contributed by atoms with Crippen LogP contribution in [0.3, 0.4) is 0 Å². The summed E-state index contributed by atoms with van der Waals surface area (Å²) in [5.74, 6) is -1.39. The largest absolute Gasteiger partial charge is 0.311 e. The molecule has 2 aromatic rings. The van der Waals surface area contributed by atoms with Gasteiger partial charge in [-0.05, 0) is 49.2 Å². The summed E-state index contributed by atoms with van der Waals surface area (Å²) in [6, 6.07) is 12.6. The molecule has 3 rings (SSSR count). The molecule has 0 spiro atoms. The van der Waals surface area contributed by atoms with Crippen LogP contribution in [0.1, 0.15) is 27.9 Å². The van der Waals surface area contributed by atoms with E-state index < -0.39 is 11.8 Å². The molecule has 140 valence electrons. The quantitative estimate of drug-likeness (QED) is 0.736. The summed E-state index contributed by atoms with van der Waals surface area (Å²) in [5.41, 5.74) is 8.11. The van der Waals surface area contributed by atoms with Crippen LogP contribution in [0.5, 0.6) is 0 Å². The normalized spacial score (nSPS) is 16.3. The molecule has 6 nitrogen and oxygen atoms in total. The van der Waals surface area contributed by atoms with E-state index in [1.54, 1.807) is 29.2 Å². The molecule has 27 heavy (non-hydrogen) atoms. The van der Waals surface area contributed by atoms with Crippen molar-refractivity contribution >= 4 is 39.3 Å². The van der Waals surface area contributed by atoms with Gasteiger partial charge >= 0.3 is 0 Å². The van der Waals surface area contributed by atoms with Gasteiger partial charge in [-0.25, -0.2) is 0 Å². The summed E-state index contributed by atoms with van der Waals surface area (Å²) in [7, 11) is 0. The minimum atomic E-state index is -0.512. The first-order valence-corrected chi connectivity index (χ1v) is 9.38. The zero-order chi connectivity index (χ0) is 19.6. The number of aryl methyl sites for hydroxylation is 2. The monoisotopic (exact) mass is 429 g/mol. The van der Waals surface area contributed by atoms with Gasteiger partial charge in [0.1, 0.15) is 0 Å². The van der Waals surface area contributed by atoms with Crippen LogP contribution in [0.4, 0.5) is 5.69 Å². The Morgan fingerprint density at radius 3 is 2.30 bits per heavy atom. The van der Waals surface area contributed by atoms with Gasteiger partial charge in [0.25, 0.3) is 5.91 Å². The van der Waals surface area contributed by atoms with E-state index in [0.717, 1.165) is 21.3 Å². The summed E-state index contributed by atoms with van der Waals surface area (Å²) in [6.45, 7) is 4.19. The van der Waals surface area contributed by atoms with Crippen LogP contribution in [0, 0.1) is 19.8 Å². The second-order valence-corrected chi connectivity index (χ2v) is 7.51. The Balaban J connectivity index is 1.62. The van der Waals surface area contributed by atoms with Crippen LogP contribution < -0.4 is 15.8 Å². The van der Waals surface area contributed by atoms with E-state index in [1.807, 2.05) is 32.0 Å². The van der Waals surface area contributed by atoms with E-state index in [-0.39, 0.29) is 18.2 Å². The highest BCUT2D eigenvalue weighted by Gasteiger charge is 2.36. The Bertz CT molecular complexity index is 876. The standard InChI is InChI=1S/C20H20BrN3O3/c1-12-4-3-5-13(2)18(12)24-11-15(10-17(24)25)20(27)23-22-19(26)14-6-8-16(21)9-7-14/h3-9,15H,10-11H2,1-2H3,(H,22,26)(H,23,27)/t15-/m1/s1. The Morgan fingerprint density at radius 2 is 1.67 bits per heavy atom. The third-order valence-electron chi connectivity index (χ3n) is 4.61. The number of hydrogen-bond acceptors (Lipinski definition) is 3. The van der Waals surface area contributed by atoms with Gasteiger partial charge in [-0.3, -0.25) is 25.2 Å². The lowest BCUT2D eigenvalue weighted by molar-refractivity contribution is -0.126. The first kappa shape index (κ1) is 19.1. The van der Waals surface area contributed by atoms with Crippen molar-refractivity contribution in [3.63, 3.8) is 0 Å². The fourth-order valence-corrected chi connectivity index (χ4v) is 3.49. The number of carbonyl (C=O) groups excluding carboxylic acids is 3. The lowest BCUT2D eigenvalue weighted by Crippen LogP contribution is -2.45. The SMILES string of the molecule is Cc1cccc(C)c1N1C[C@H](C(=O)NNC(=O)c2ccc(Br)cc2)CC1=O. The summed E-state index contributed by atoms with van der Waals surface area (Å²) in [6.07, 6.45) is 0.119. The van der Waals surface area contributed by atoms with E-state index in [9.17, 15) is 14.4 Å². The molecule has 7 heteroatoms. The molecule has 1 saturated heterocycles. The van der Waals surface area contributed by atoms with Gasteiger partial charge in [0.05, 0.1) is 5.92 Å². The second-order valence-electron chi connectivity index (χ2n) is 6.60. The highest BCUT2D eigenvalue weighted by Crippen LogP contribution is 2.30. The Kier molecular flexibility index (Phi) is 5.60. The average molecular weight is 430 g/mol. The van der Waals surface area contributed by atoms with Gasteiger partial charge in [0.15, 0.2) is 0 Å². The molecule has 0 unspecified atom stereocenters. The first-order valence-electron chi connectivity index (χ1n) is 8.59. The molecule has 0 aromatic heterocycles. The average Bonchev–Trinajstić information content (AvgIpc) is 3.01. The second kappa shape index (κ2) is 7.92.